The van der Waals surface area contributed by atoms with Crippen molar-refractivity contribution < 1.29 is 14.3 Å². The van der Waals surface area contributed by atoms with Crippen molar-refractivity contribution in [3.8, 4) is 0 Å². The molecule has 0 aliphatic heterocycles. The maximum absolute atomic E-state index is 11.0. The third kappa shape index (κ3) is 4.71. The number of hydrogen-bond donors (Lipinski definition) is 0. The van der Waals surface area contributed by atoms with Crippen molar-refractivity contribution in [3.63, 3.8) is 0 Å². The van der Waals surface area contributed by atoms with Crippen LogP contribution in [-0.4, -0.2) is 37.0 Å². The van der Waals surface area contributed by atoms with E-state index in [2.05, 4.69) is 4.74 Å². The lowest BCUT2D eigenvalue weighted by Gasteiger charge is -2.15. The number of ether oxygens (including phenoxy) is 1. The molecule has 0 radical (unpaired) electrons. The zero-order valence-electron chi connectivity index (χ0n) is 7.79. The number of hydrogen-bond acceptors (Lipinski definition) is 3. The van der Waals surface area contributed by atoms with Gasteiger partial charge in [-0.25, -0.2) is 0 Å². The van der Waals surface area contributed by atoms with Crippen molar-refractivity contribution in [2.45, 2.75) is 20.3 Å². The van der Waals surface area contributed by atoms with E-state index in [1.165, 1.54) is 6.92 Å². The van der Waals surface area contributed by atoms with Gasteiger partial charge in [0.15, 0.2) is 0 Å². The molecule has 0 aromatic rings. The fourth-order valence-corrected chi connectivity index (χ4v) is 0.721. The van der Waals surface area contributed by atoms with Crippen LogP contribution in [0, 0.1) is 0 Å². The largest absolute Gasteiger partial charge is 0.464 e. The predicted molar refractivity (Wildman–Crippen MR) is 44.6 cm³/mol. The van der Waals surface area contributed by atoms with Crippen LogP contribution >= 0.6 is 0 Å². The van der Waals surface area contributed by atoms with Crippen molar-refractivity contribution in [2.75, 3.05) is 20.2 Å². The van der Waals surface area contributed by atoms with Crippen LogP contribution in [0.1, 0.15) is 20.3 Å². The molecule has 0 rings (SSSR count). The summed E-state index contributed by atoms with van der Waals surface area (Å²) in [5.41, 5.74) is 0. The molecule has 0 bridgehead atoms. The summed E-state index contributed by atoms with van der Waals surface area (Å²) >= 11 is 0. The van der Waals surface area contributed by atoms with E-state index in [4.69, 9.17) is 0 Å². The summed E-state index contributed by atoms with van der Waals surface area (Å²) in [5.74, 6) is -0.255. The Kier molecular flexibility index (Phi) is 5.08. The van der Waals surface area contributed by atoms with E-state index < -0.39 is 0 Å². The minimum atomic E-state index is -0.313. The number of nitrogens with zero attached hydrogens (tertiary/aromatic N) is 1. The molecule has 4 heteroatoms. The van der Waals surface area contributed by atoms with E-state index in [1.54, 1.807) is 18.9 Å². The monoisotopic (exact) mass is 173 g/mol. The molecule has 4 nitrogen and oxygen atoms in total. The maximum atomic E-state index is 11.0. The standard InChI is InChI=1S/C8H15NO3/c1-4-8(11)9(3)5-6-12-7(2)10/h4-6H2,1-3H3. The first-order chi connectivity index (χ1) is 5.57. The van der Waals surface area contributed by atoms with Gasteiger partial charge < -0.3 is 9.64 Å². The topological polar surface area (TPSA) is 46.6 Å². The number of esters is 1. The third-order valence-corrected chi connectivity index (χ3v) is 1.46. The molecule has 0 heterocycles. The molecule has 0 spiro atoms. The average molecular weight is 173 g/mol. The van der Waals surface area contributed by atoms with Crippen LogP contribution in [0.2, 0.25) is 0 Å². The van der Waals surface area contributed by atoms with E-state index >= 15 is 0 Å². The first-order valence-electron chi connectivity index (χ1n) is 3.95. The van der Waals surface area contributed by atoms with Gasteiger partial charge in [-0.15, -0.1) is 0 Å². The molecule has 0 aliphatic rings. The highest BCUT2D eigenvalue weighted by Crippen LogP contribution is 1.89. The molecule has 1 amide bonds. The zero-order valence-corrected chi connectivity index (χ0v) is 7.79. The molecule has 0 atom stereocenters. The lowest BCUT2D eigenvalue weighted by atomic mass is 10.4. The summed E-state index contributed by atoms with van der Waals surface area (Å²) < 4.78 is 4.67. The second-order valence-electron chi connectivity index (χ2n) is 2.51. The van der Waals surface area contributed by atoms with E-state index in [9.17, 15) is 9.59 Å². The SMILES string of the molecule is CCC(=O)N(C)CCOC(C)=O. The minimum Gasteiger partial charge on any atom is -0.464 e. The molecular formula is C8H15NO3. The van der Waals surface area contributed by atoms with Crippen molar-refractivity contribution >= 4 is 11.9 Å². The Morgan fingerprint density at radius 2 is 2.00 bits per heavy atom. The number of carbonyl (C=O) groups is 2. The number of rotatable bonds is 4. The Morgan fingerprint density at radius 1 is 1.42 bits per heavy atom. The quantitative estimate of drug-likeness (QED) is 0.579. The molecule has 0 fully saturated rings. The molecule has 0 aliphatic carbocycles. The van der Waals surface area contributed by atoms with Crippen LogP contribution in [0.25, 0.3) is 0 Å². The molecule has 0 aromatic heterocycles. The van der Waals surface area contributed by atoms with Gasteiger partial charge in [-0.3, -0.25) is 9.59 Å². The fourth-order valence-electron chi connectivity index (χ4n) is 0.721. The molecule has 0 N–H and O–H groups in total. The van der Waals surface area contributed by atoms with Gasteiger partial charge in [-0.2, -0.15) is 0 Å². The van der Waals surface area contributed by atoms with Crippen LogP contribution in [-0.2, 0) is 14.3 Å². The highest BCUT2D eigenvalue weighted by Gasteiger charge is 2.04. The summed E-state index contributed by atoms with van der Waals surface area (Å²) in [7, 11) is 1.69. The van der Waals surface area contributed by atoms with Crippen molar-refractivity contribution in [1.82, 2.24) is 4.90 Å². The van der Waals surface area contributed by atoms with E-state index in [-0.39, 0.29) is 18.5 Å². The third-order valence-electron chi connectivity index (χ3n) is 1.46. The molecule has 0 saturated heterocycles. The lowest BCUT2D eigenvalue weighted by Crippen LogP contribution is -2.29. The highest BCUT2D eigenvalue weighted by atomic mass is 16.5. The van der Waals surface area contributed by atoms with E-state index in [1.807, 2.05) is 0 Å². The Morgan fingerprint density at radius 3 is 2.42 bits per heavy atom. The number of likely N-dealkylation sites (N-methyl/N-ethyl adjacent to an activating group) is 1. The predicted octanol–water partition coefficient (Wildman–Crippen LogP) is 0.418. The Balaban J connectivity index is 3.50. The molecular weight excluding hydrogens is 158 g/mol. The van der Waals surface area contributed by atoms with Crippen LogP contribution in [0.15, 0.2) is 0 Å². The van der Waals surface area contributed by atoms with Gasteiger partial charge in [0, 0.05) is 20.4 Å². The smallest absolute Gasteiger partial charge is 0.302 e. The van der Waals surface area contributed by atoms with Crippen molar-refractivity contribution in [2.24, 2.45) is 0 Å². The fraction of sp³-hybridized carbons (Fsp3) is 0.750. The summed E-state index contributed by atoms with van der Waals surface area (Å²) in [6, 6.07) is 0. The average Bonchev–Trinajstić information content (AvgIpc) is 2.02. The molecule has 0 saturated carbocycles. The van der Waals surface area contributed by atoms with Crippen LogP contribution in [0.4, 0.5) is 0 Å². The normalized spacial score (nSPS) is 9.25. The van der Waals surface area contributed by atoms with Crippen LogP contribution < -0.4 is 0 Å². The molecule has 12 heavy (non-hydrogen) atoms. The van der Waals surface area contributed by atoms with Gasteiger partial charge in [-0.05, 0) is 0 Å². The van der Waals surface area contributed by atoms with Crippen molar-refractivity contribution in [3.05, 3.63) is 0 Å². The van der Waals surface area contributed by atoms with Crippen molar-refractivity contribution in [1.29, 1.82) is 0 Å². The number of carbonyl (C=O) groups excluding carboxylic acids is 2. The Hall–Kier alpha value is -1.06. The van der Waals surface area contributed by atoms with Gasteiger partial charge in [0.05, 0.1) is 6.54 Å². The van der Waals surface area contributed by atoms with Gasteiger partial charge in [0.1, 0.15) is 6.61 Å². The Bertz CT molecular complexity index is 168. The lowest BCUT2D eigenvalue weighted by molar-refractivity contribution is -0.143. The maximum Gasteiger partial charge on any atom is 0.302 e. The van der Waals surface area contributed by atoms with Crippen LogP contribution in [0.5, 0.6) is 0 Å². The highest BCUT2D eigenvalue weighted by molar-refractivity contribution is 5.75. The summed E-state index contributed by atoms with van der Waals surface area (Å²) in [6.07, 6.45) is 0.483. The first kappa shape index (κ1) is 10.9. The number of amides is 1. The Labute approximate surface area is 72.5 Å². The minimum absolute atomic E-state index is 0.0575. The van der Waals surface area contributed by atoms with Gasteiger partial charge in [-0.1, -0.05) is 6.92 Å². The van der Waals surface area contributed by atoms with E-state index in [0.717, 1.165) is 0 Å². The second-order valence-corrected chi connectivity index (χ2v) is 2.51. The summed E-state index contributed by atoms with van der Waals surface area (Å²) in [4.78, 5) is 22.9. The van der Waals surface area contributed by atoms with E-state index in [0.29, 0.717) is 13.0 Å². The van der Waals surface area contributed by atoms with Gasteiger partial charge in [0.25, 0.3) is 0 Å². The first-order valence-corrected chi connectivity index (χ1v) is 3.95. The second kappa shape index (κ2) is 5.57. The van der Waals surface area contributed by atoms with Gasteiger partial charge in [0.2, 0.25) is 5.91 Å². The summed E-state index contributed by atoms with van der Waals surface area (Å²) in [5, 5.41) is 0. The molecule has 0 aromatic carbocycles. The van der Waals surface area contributed by atoms with Gasteiger partial charge >= 0.3 is 5.97 Å². The molecule has 70 valence electrons. The van der Waals surface area contributed by atoms with Crippen LogP contribution in [0.3, 0.4) is 0 Å². The molecule has 0 unspecified atom stereocenters. The zero-order chi connectivity index (χ0) is 9.56. The summed E-state index contributed by atoms with van der Waals surface area (Å²) in [6.45, 7) is 3.89.